The molecule has 172 valence electrons. The van der Waals surface area contributed by atoms with Gasteiger partial charge in [0.25, 0.3) is 5.91 Å². The van der Waals surface area contributed by atoms with Crippen LogP contribution in [0.25, 0.3) is 11.5 Å². The van der Waals surface area contributed by atoms with Crippen molar-refractivity contribution in [3.63, 3.8) is 0 Å². The van der Waals surface area contributed by atoms with E-state index < -0.39 is 6.10 Å². The molecule has 4 aromatic rings. The normalized spacial score (nSPS) is 18.7. The largest absolute Gasteiger partial charge is 0.482 e. The molecule has 2 aliphatic rings. The van der Waals surface area contributed by atoms with E-state index in [-0.39, 0.29) is 12.0 Å². The first-order valence-corrected chi connectivity index (χ1v) is 11.5. The van der Waals surface area contributed by atoms with Gasteiger partial charge in [0, 0.05) is 18.0 Å². The van der Waals surface area contributed by atoms with E-state index in [0.717, 1.165) is 22.8 Å². The van der Waals surface area contributed by atoms with E-state index in [1.54, 1.807) is 0 Å². The molecule has 7 nitrogen and oxygen atoms in total. The second-order valence-electron chi connectivity index (χ2n) is 9.02. The highest BCUT2D eigenvalue weighted by molar-refractivity contribution is 5.83. The molecule has 0 aliphatic carbocycles. The number of hydrogen-bond acceptors (Lipinski definition) is 4. The van der Waals surface area contributed by atoms with Gasteiger partial charge in [-0.3, -0.25) is 4.79 Å². The predicted octanol–water partition coefficient (Wildman–Crippen LogP) is 4.35. The molecule has 2 unspecified atom stereocenters. The molecule has 0 fully saturated rings. The van der Waals surface area contributed by atoms with Gasteiger partial charge < -0.3 is 18.9 Å². The Labute approximate surface area is 198 Å². The fraction of sp³-hybridized carbons (Fsp3) is 0.259. The van der Waals surface area contributed by atoms with Crippen molar-refractivity contribution in [1.29, 1.82) is 0 Å². The molecule has 0 saturated carbocycles. The van der Waals surface area contributed by atoms with Crippen LogP contribution in [0.3, 0.4) is 0 Å². The van der Waals surface area contributed by atoms with Crippen LogP contribution in [-0.4, -0.2) is 37.4 Å². The number of hydrogen-bond donors (Lipinski definition) is 0. The van der Waals surface area contributed by atoms with Crippen molar-refractivity contribution in [3.05, 3.63) is 89.4 Å². The summed E-state index contributed by atoms with van der Waals surface area (Å²) < 4.78 is 16.1. The summed E-state index contributed by atoms with van der Waals surface area (Å²) in [6.45, 7) is 7.00. The van der Waals surface area contributed by atoms with Gasteiger partial charge in [0.1, 0.15) is 11.9 Å². The lowest BCUT2D eigenvalue weighted by Gasteiger charge is -2.33. The first-order valence-electron chi connectivity index (χ1n) is 11.5. The number of aryl methyl sites for hydroxylation is 2. The minimum absolute atomic E-state index is 0.0869. The quantitative estimate of drug-likeness (QED) is 0.462. The highest BCUT2D eigenvalue weighted by Crippen LogP contribution is 2.36. The number of rotatable bonds is 3. The minimum Gasteiger partial charge on any atom is -0.482 e. The summed E-state index contributed by atoms with van der Waals surface area (Å²) in [6.07, 6.45) is 2.95. The third kappa shape index (κ3) is 3.27. The number of benzene rings is 2. The zero-order chi connectivity index (χ0) is 23.4. The van der Waals surface area contributed by atoms with Crippen molar-refractivity contribution < 1.29 is 14.3 Å². The molecule has 2 aromatic heterocycles. The van der Waals surface area contributed by atoms with E-state index in [1.165, 1.54) is 11.1 Å². The van der Waals surface area contributed by atoms with Crippen molar-refractivity contribution in [2.75, 3.05) is 0 Å². The highest BCUT2D eigenvalue weighted by atomic mass is 16.6. The van der Waals surface area contributed by atoms with Crippen molar-refractivity contribution in [2.45, 2.75) is 46.1 Å². The Morgan fingerprint density at radius 1 is 0.941 bits per heavy atom. The molecule has 6 rings (SSSR count). The number of ether oxygens (including phenoxy) is 2. The van der Waals surface area contributed by atoms with Gasteiger partial charge in [-0.05, 0) is 68.3 Å². The van der Waals surface area contributed by atoms with Crippen molar-refractivity contribution in [2.24, 2.45) is 0 Å². The van der Waals surface area contributed by atoms with E-state index >= 15 is 0 Å². The summed E-state index contributed by atoms with van der Waals surface area (Å²) in [7, 11) is 0. The van der Waals surface area contributed by atoms with Gasteiger partial charge in [0.15, 0.2) is 11.5 Å². The Morgan fingerprint density at radius 2 is 1.68 bits per heavy atom. The van der Waals surface area contributed by atoms with E-state index in [4.69, 9.17) is 14.6 Å². The van der Waals surface area contributed by atoms with Gasteiger partial charge in [-0.25, -0.2) is 4.68 Å². The number of fused-ring (bicyclic) bond motifs is 2. The Bertz CT molecular complexity index is 1390. The molecule has 7 heteroatoms. The maximum absolute atomic E-state index is 13.5. The van der Waals surface area contributed by atoms with Crippen LogP contribution in [0.5, 0.6) is 11.5 Å². The van der Waals surface area contributed by atoms with Gasteiger partial charge in [0.2, 0.25) is 6.10 Å². The zero-order valence-corrected chi connectivity index (χ0v) is 19.4. The number of aromatic nitrogens is 3. The summed E-state index contributed by atoms with van der Waals surface area (Å²) in [4.78, 5) is 15.3. The van der Waals surface area contributed by atoms with E-state index in [9.17, 15) is 4.79 Å². The topological polar surface area (TPSA) is 61.5 Å². The molecule has 0 N–H and O–H groups in total. The number of amides is 1. The third-order valence-corrected chi connectivity index (χ3v) is 6.71. The van der Waals surface area contributed by atoms with Crippen molar-refractivity contribution >= 4 is 5.91 Å². The molecule has 4 heterocycles. The smallest absolute Gasteiger partial charge is 0.268 e. The van der Waals surface area contributed by atoms with Gasteiger partial charge in [-0.1, -0.05) is 18.2 Å². The maximum Gasteiger partial charge on any atom is 0.268 e. The monoisotopic (exact) mass is 454 g/mol. The van der Waals surface area contributed by atoms with Crippen LogP contribution < -0.4 is 9.47 Å². The van der Waals surface area contributed by atoms with E-state index in [1.807, 2.05) is 65.3 Å². The van der Waals surface area contributed by atoms with Crippen LogP contribution in [-0.2, 0) is 17.9 Å². The molecular weight excluding hydrogens is 428 g/mol. The second-order valence-corrected chi connectivity index (χ2v) is 9.02. The molecule has 2 aromatic carbocycles. The molecule has 1 amide bonds. The number of nitrogens with zero attached hydrogens (tertiary/aromatic N) is 4. The number of carbonyl (C=O) groups is 1. The van der Waals surface area contributed by atoms with Crippen molar-refractivity contribution in [3.8, 4) is 23.0 Å². The molecular formula is C27H26N4O3. The first kappa shape index (κ1) is 20.6. The molecule has 0 bridgehead atoms. The average molecular weight is 455 g/mol. The van der Waals surface area contributed by atoms with Crippen molar-refractivity contribution in [1.82, 2.24) is 19.2 Å². The number of carbonyl (C=O) groups excluding carboxylic acids is 1. The van der Waals surface area contributed by atoms with Crippen LogP contribution in [0.15, 0.2) is 67.0 Å². The van der Waals surface area contributed by atoms with Gasteiger partial charge in [-0.15, -0.1) is 0 Å². The van der Waals surface area contributed by atoms with Crippen LogP contribution in [0.1, 0.15) is 29.3 Å². The average Bonchev–Trinajstić information content (AvgIpc) is 3.56. The SMILES string of the molecule is Cc1ccc(-n2nc3c(c2-n2cccc2)CN(C(=O)C2Oc4ccccc4OC2C)C3)cc1C. The molecule has 0 saturated heterocycles. The standard InChI is InChI=1S/C27H26N4O3/c1-17-10-11-20(14-18(17)2)31-26(29-12-6-7-13-29)21-15-30(16-22(21)28-31)27(32)25-19(3)33-23-8-4-5-9-24(23)34-25/h4-14,19,25H,15-16H2,1-3H3. The molecule has 0 radical (unpaired) electrons. The molecule has 0 spiro atoms. The van der Waals surface area contributed by atoms with E-state index in [0.29, 0.717) is 24.6 Å². The summed E-state index contributed by atoms with van der Waals surface area (Å²) in [5.41, 5.74) is 5.42. The van der Waals surface area contributed by atoms with Crippen LogP contribution in [0.4, 0.5) is 0 Å². The van der Waals surface area contributed by atoms with Gasteiger partial charge in [-0.2, -0.15) is 5.10 Å². The van der Waals surface area contributed by atoms with Gasteiger partial charge in [0.05, 0.1) is 24.5 Å². The highest BCUT2D eigenvalue weighted by Gasteiger charge is 2.40. The first-order chi connectivity index (χ1) is 16.5. The summed E-state index contributed by atoms with van der Waals surface area (Å²) >= 11 is 0. The Kier molecular flexibility index (Phi) is 4.72. The minimum atomic E-state index is -0.694. The second kappa shape index (κ2) is 7.80. The maximum atomic E-state index is 13.5. The van der Waals surface area contributed by atoms with E-state index in [2.05, 4.69) is 36.6 Å². The van der Waals surface area contributed by atoms with Crippen LogP contribution in [0, 0.1) is 13.8 Å². The fourth-order valence-electron chi connectivity index (χ4n) is 4.71. The molecule has 2 aliphatic heterocycles. The Hall–Kier alpha value is -4.00. The summed E-state index contributed by atoms with van der Waals surface area (Å²) in [6, 6.07) is 17.8. The predicted molar refractivity (Wildman–Crippen MR) is 128 cm³/mol. The lowest BCUT2D eigenvalue weighted by atomic mass is 10.1. The number of para-hydroxylation sites is 2. The zero-order valence-electron chi connectivity index (χ0n) is 19.4. The fourth-order valence-corrected chi connectivity index (χ4v) is 4.71. The summed E-state index contributed by atoms with van der Waals surface area (Å²) in [5, 5.41) is 4.95. The molecule has 34 heavy (non-hydrogen) atoms. The lowest BCUT2D eigenvalue weighted by Crippen LogP contribution is -2.49. The van der Waals surface area contributed by atoms with Crippen LogP contribution in [0.2, 0.25) is 0 Å². The Morgan fingerprint density at radius 3 is 2.41 bits per heavy atom. The summed E-state index contributed by atoms with van der Waals surface area (Å²) in [5.74, 6) is 2.14. The Balaban J connectivity index is 1.33. The van der Waals surface area contributed by atoms with Crippen LogP contribution >= 0.6 is 0 Å². The third-order valence-electron chi connectivity index (χ3n) is 6.71. The molecule has 2 atom stereocenters. The lowest BCUT2D eigenvalue weighted by molar-refractivity contribution is -0.145. The van der Waals surface area contributed by atoms with Gasteiger partial charge >= 0.3 is 0 Å².